The highest BCUT2D eigenvalue weighted by Gasteiger charge is 2.32. The number of rotatable bonds is 5. The molecular weight excluding hydrogens is 222 g/mol. The first-order valence-corrected chi connectivity index (χ1v) is 7.90. The van der Waals surface area contributed by atoms with Gasteiger partial charge in [-0.05, 0) is 52.6 Å². The van der Waals surface area contributed by atoms with Gasteiger partial charge in [0.05, 0.1) is 0 Å². The molecule has 3 nitrogen and oxygen atoms in total. The molecule has 2 aliphatic rings. The Bertz CT molecular complexity index is 242. The van der Waals surface area contributed by atoms with Gasteiger partial charge < -0.3 is 5.73 Å². The third-order valence-electron chi connectivity index (χ3n) is 4.67. The molecule has 2 saturated heterocycles. The van der Waals surface area contributed by atoms with E-state index >= 15 is 0 Å². The molecule has 3 heteroatoms. The first-order valence-electron chi connectivity index (χ1n) is 7.90. The van der Waals surface area contributed by atoms with Crippen LogP contribution in [-0.4, -0.2) is 54.1 Å². The van der Waals surface area contributed by atoms with Gasteiger partial charge in [0.25, 0.3) is 0 Å². The van der Waals surface area contributed by atoms with Crippen molar-refractivity contribution in [1.29, 1.82) is 0 Å². The predicted octanol–water partition coefficient (Wildman–Crippen LogP) is 2.06. The zero-order valence-corrected chi connectivity index (χ0v) is 12.3. The van der Waals surface area contributed by atoms with Gasteiger partial charge in [0.15, 0.2) is 0 Å². The normalized spacial score (nSPS) is 32.2. The van der Waals surface area contributed by atoms with Crippen molar-refractivity contribution in [1.82, 2.24) is 9.80 Å². The van der Waals surface area contributed by atoms with Gasteiger partial charge in [0.2, 0.25) is 0 Å². The van der Waals surface area contributed by atoms with Crippen molar-refractivity contribution in [3.8, 4) is 0 Å². The molecule has 0 aliphatic carbocycles. The van der Waals surface area contributed by atoms with Crippen LogP contribution in [-0.2, 0) is 0 Å². The Balaban J connectivity index is 1.71. The van der Waals surface area contributed by atoms with Crippen LogP contribution in [0.15, 0.2) is 0 Å². The van der Waals surface area contributed by atoms with Gasteiger partial charge in [0, 0.05) is 31.2 Å². The molecule has 0 aromatic rings. The summed E-state index contributed by atoms with van der Waals surface area (Å²) in [5, 5.41) is 0. The first-order chi connectivity index (χ1) is 8.66. The molecule has 2 fully saturated rings. The van der Waals surface area contributed by atoms with Crippen LogP contribution in [0.5, 0.6) is 0 Å². The van der Waals surface area contributed by atoms with E-state index in [0.717, 1.165) is 12.1 Å². The summed E-state index contributed by atoms with van der Waals surface area (Å²) in [5.41, 5.74) is 5.81. The molecule has 2 N–H and O–H groups in total. The van der Waals surface area contributed by atoms with E-state index in [1.807, 2.05) is 0 Å². The summed E-state index contributed by atoms with van der Waals surface area (Å²) in [6.45, 7) is 9.73. The third-order valence-corrected chi connectivity index (χ3v) is 4.67. The summed E-state index contributed by atoms with van der Waals surface area (Å²) in [6, 6.07) is 1.97. The van der Waals surface area contributed by atoms with E-state index in [1.54, 1.807) is 0 Å². The molecule has 3 unspecified atom stereocenters. The fraction of sp³-hybridized carbons (Fsp3) is 1.00. The topological polar surface area (TPSA) is 32.5 Å². The number of hydrogen-bond acceptors (Lipinski definition) is 3. The molecule has 0 radical (unpaired) electrons. The van der Waals surface area contributed by atoms with Crippen molar-refractivity contribution in [2.24, 2.45) is 5.73 Å². The van der Waals surface area contributed by atoms with Crippen molar-refractivity contribution in [2.45, 2.75) is 70.5 Å². The van der Waals surface area contributed by atoms with Crippen LogP contribution in [0.25, 0.3) is 0 Å². The molecule has 2 rings (SSSR count). The van der Waals surface area contributed by atoms with Gasteiger partial charge in [-0.25, -0.2) is 0 Å². The van der Waals surface area contributed by atoms with Crippen molar-refractivity contribution >= 4 is 0 Å². The van der Waals surface area contributed by atoms with E-state index in [0.29, 0.717) is 6.04 Å². The lowest BCUT2D eigenvalue weighted by atomic mass is 9.97. The summed E-state index contributed by atoms with van der Waals surface area (Å²) >= 11 is 0. The number of hydrogen-bond donors (Lipinski definition) is 1. The van der Waals surface area contributed by atoms with Gasteiger partial charge in [-0.1, -0.05) is 12.8 Å². The molecule has 3 atom stereocenters. The van der Waals surface area contributed by atoms with Crippen LogP contribution in [0.3, 0.4) is 0 Å². The van der Waals surface area contributed by atoms with Crippen LogP contribution in [0.4, 0.5) is 0 Å². The monoisotopic (exact) mass is 253 g/mol. The number of fused-ring (bicyclic) bond motifs is 1. The Kier molecular flexibility index (Phi) is 5.46. The molecule has 0 aromatic carbocycles. The molecule has 0 bridgehead atoms. The molecule has 18 heavy (non-hydrogen) atoms. The third kappa shape index (κ3) is 3.94. The van der Waals surface area contributed by atoms with Gasteiger partial charge in [0.1, 0.15) is 0 Å². The minimum absolute atomic E-state index is 0.373. The molecule has 2 heterocycles. The standard InChI is InChI=1S/C15H31N3/c1-13(16)7-3-5-9-17-12-15-8-4-6-10-18(15)11-14(17)2/h13-15H,3-12,16H2,1-2H3. The maximum Gasteiger partial charge on any atom is 0.0223 e. The molecular formula is C15H31N3. The van der Waals surface area contributed by atoms with Gasteiger partial charge in [-0.15, -0.1) is 0 Å². The Morgan fingerprint density at radius 3 is 2.83 bits per heavy atom. The Morgan fingerprint density at radius 1 is 1.22 bits per heavy atom. The van der Waals surface area contributed by atoms with Crippen molar-refractivity contribution in [3.05, 3.63) is 0 Å². The highest BCUT2D eigenvalue weighted by Crippen LogP contribution is 2.24. The number of piperazine rings is 1. The van der Waals surface area contributed by atoms with Gasteiger partial charge in [-0.3, -0.25) is 9.80 Å². The van der Waals surface area contributed by atoms with Crippen molar-refractivity contribution in [3.63, 3.8) is 0 Å². The van der Waals surface area contributed by atoms with Crippen molar-refractivity contribution in [2.75, 3.05) is 26.2 Å². The van der Waals surface area contributed by atoms with E-state index in [-0.39, 0.29) is 0 Å². The average Bonchev–Trinajstić information content (AvgIpc) is 2.34. The second-order valence-electron chi connectivity index (χ2n) is 6.46. The molecule has 0 aromatic heterocycles. The van der Waals surface area contributed by atoms with Crippen LogP contribution < -0.4 is 5.73 Å². The smallest absolute Gasteiger partial charge is 0.0223 e. The van der Waals surface area contributed by atoms with Crippen LogP contribution in [0.2, 0.25) is 0 Å². The lowest BCUT2D eigenvalue weighted by Gasteiger charge is -2.47. The van der Waals surface area contributed by atoms with Crippen molar-refractivity contribution < 1.29 is 0 Å². The quantitative estimate of drug-likeness (QED) is 0.761. The van der Waals surface area contributed by atoms with Crippen LogP contribution in [0, 0.1) is 0 Å². The van der Waals surface area contributed by atoms with E-state index in [1.165, 1.54) is 64.7 Å². The lowest BCUT2D eigenvalue weighted by Crippen LogP contribution is -2.58. The number of nitrogens with two attached hydrogens (primary N) is 1. The fourth-order valence-corrected chi connectivity index (χ4v) is 3.51. The molecule has 0 saturated carbocycles. The SMILES string of the molecule is CC(N)CCCCN1CC2CCCCN2CC1C. The number of nitrogens with zero attached hydrogens (tertiary/aromatic N) is 2. The molecule has 0 spiro atoms. The minimum Gasteiger partial charge on any atom is -0.328 e. The van der Waals surface area contributed by atoms with Gasteiger partial charge in [-0.2, -0.15) is 0 Å². The van der Waals surface area contributed by atoms with E-state index < -0.39 is 0 Å². The lowest BCUT2D eigenvalue weighted by molar-refractivity contribution is 0.0146. The highest BCUT2D eigenvalue weighted by molar-refractivity contribution is 4.88. The molecule has 106 valence electrons. The second kappa shape index (κ2) is 6.88. The summed E-state index contributed by atoms with van der Waals surface area (Å²) in [4.78, 5) is 5.44. The Hall–Kier alpha value is -0.120. The largest absolute Gasteiger partial charge is 0.328 e. The number of piperidine rings is 1. The van der Waals surface area contributed by atoms with E-state index in [2.05, 4.69) is 23.6 Å². The summed E-state index contributed by atoms with van der Waals surface area (Å²) in [5.74, 6) is 0. The zero-order chi connectivity index (χ0) is 13.0. The van der Waals surface area contributed by atoms with Crippen LogP contribution >= 0.6 is 0 Å². The molecule has 0 amide bonds. The van der Waals surface area contributed by atoms with Gasteiger partial charge >= 0.3 is 0 Å². The average molecular weight is 253 g/mol. The predicted molar refractivity (Wildman–Crippen MR) is 77.7 cm³/mol. The minimum atomic E-state index is 0.373. The first kappa shape index (κ1) is 14.3. The maximum absolute atomic E-state index is 5.81. The fourth-order valence-electron chi connectivity index (χ4n) is 3.51. The maximum atomic E-state index is 5.81. The summed E-state index contributed by atoms with van der Waals surface area (Å²) < 4.78 is 0. The Morgan fingerprint density at radius 2 is 2.06 bits per heavy atom. The zero-order valence-electron chi connectivity index (χ0n) is 12.3. The van der Waals surface area contributed by atoms with Crippen LogP contribution in [0.1, 0.15) is 52.4 Å². The summed E-state index contributed by atoms with van der Waals surface area (Å²) in [7, 11) is 0. The second-order valence-corrected chi connectivity index (χ2v) is 6.46. The Labute approximate surface area is 113 Å². The van der Waals surface area contributed by atoms with E-state index in [9.17, 15) is 0 Å². The number of unbranched alkanes of at least 4 members (excludes halogenated alkanes) is 1. The highest BCUT2D eigenvalue weighted by atomic mass is 15.3. The van der Waals surface area contributed by atoms with E-state index in [4.69, 9.17) is 5.73 Å². The summed E-state index contributed by atoms with van der Waals surface area (Å²) in [6.07, 6.45) is 8.06. The molecule has 2 aliphatic heterocycles.